The molecule has 0 aliphatic rings. The van der Waals surface area contributed by atoms with Crippen LogP contribution < -0.4 is 5.32 Å². The molecule has 7 heteroatoms. The first kappa shape index (κ1) is 13.5. The van der Waals surface area contributed by atoms with Gasteiger partial charge in [0.2, 0.25) is 0 Å². The summed E-state index contributed by atoms with van der Waals surface area (Å²) >= 11 is 3.09. The number of nitrogens with zero attached hydrogens (tertiary/aromatic N) is 2. The number of benzene rings is 1. The zero-order valence-corrected chi connectivity index (χ0v) is 11.1. The first-order valence-corrected chi connectivity index (χ1v) is 6.06. The fraction of sp³-hybridized carbons (Fsp3) is 0.0833. The highest BCUT2D eigenvalue weighted by Gasteiger charge is 2.12. The van der Waals surface area contributed by atoms with Gasteiger partial charge in [-0.3, -0.25) is 4.79 Å². The molecule has 0 aliphatic heterocycles. The minimum Gasteiger partial charge on any atom is -0.346 e. The van der Waals surface area contributed by atoms with E-state index in [-0.39, 0.29) is 17.8 Å². The zero-order chi connectivity index (χ0) is 13.8. The van der Waals surface area contributed by atoms with E-state index in [1.165, 1.54) is 18.5 Å². The summed E-state index contributed by atoms with van der Waals surface area (Å²) in [5.74, 6) is -1.87. The van der Waals surface area contributed by atoms with Crippen LogP contribution in [0.4, 0.5) is 8.78 Å². The van der Waals surface area contributed by atoms with Crippen molar-refractivity contribution in [3.05, 3.63) is 58.1 Å². The smallest absolute Gasteiger partial charge is 0.272 e. The van der Waals surface area contributed by atoms with Gasteiger partial charge in [-0.15, -0.1) is 0 Å². The van der Waals surface area contributed by atoms with Gasteiger partial charge in [-0.25, -0.2) is 18.7 Å². The fourth-order valence-corrected chi connectivity index (χ4v) is 1.80. The summed E-state index contributed by atoms with van der Waals surface area (Å²) in [6.45, 7) is -0.0615. The number of aromatic nitrogens is 2. The number of rotatable bonds is 3. The van der Waals surface area contributed by atoms with Crippen molar-refractivity contribution in [3.8, 4) is 0 Å². The number of hydrogen-bond donors (Lipinski definition) is 1. The minimum absolute atomic E-state index is 0.0615. The Morgan fingerprint density at radius 1 is 1.26 bits per heavy atom. The Morgan fingerprint density at radius 2 is 2.00 bits per heavy atom. The third-order valence-corrected chi connectivity index (χ3v) is 2.90. The van der Waals surface area contributed by atoms with Gasteiger partial charge in [-0.05, 0) is 22.0 Å². The Labute approximate surface area is 116 Å². The summed E-state index contributed by atoms with van der Waals surface area (Å²) in [6.07, 6.45) is 2.80. The monoisotopic (exact) mass is 327 g/mol. The van der Waals surface area contributed by atoms with Gasteiger partial charge in [0.1, 0.15) is 16.2 Å². The maximum Gasteiger partial charge on any atom is 0.272 e. The largest absolute Gasteiger partial charge is 0.346 e. The molecule has 98 valence electrons. The van der Waals surface area contributed by atoms with Crippen molar-refractivity contribution in [2.75, 3.05) is 0 Å². The summed E-state index contributed by atoms with van der Waals surface area (Å²) in [4.78, 5) is 19.5. The molecule has 2 aromatic rings. The second kappa shape index (κ2) is 5.83. The third kappa shape index (κ3) is 3.31. The molecule has 1 heterocycles. The second-order valence-electron chi connectivity index (χ2n) is 3.61. The highest BCUT2D eigenvalue weighted by molar-refractivity contribution is 9.10. The van der Waals surface area contributed by atoms with Crippen LogP contribution in [0.25, 0.3) is 0 Å². The van der Waals surface area contributed by atoms with Crippen molar-refractivity contribution in [2.24, 2.45) is 0 Å². The zero-order valence-electron chi connectivity index (χ0n) is 9.53. The van der Waals surface area contributed by atoms with Gasteiger partial charge in [0.25, 0.3) is 5.91 Å². The molecule has 1 aromatic carbocycles. The van der Waals surface area contributed by atoms with Crippen LogP contribution in [0.1, 0.15) is 16.1 Å². The van der Waals surface area contributed by atoms with Crippen molar-refractivity contribution in [1.29, 1.82) is 0 Å². The molecule has 0 saturated heterocycles. The van der Waals surface area contributed by atoms with E-state index < -0.39 is 17.5 Å². The summed E-state index contributed by atoms with van der Waals surface area (Å²) in [7, 11) is 0. The molecule has 0 fully saturated rings. The lowest BCUT2D eigenvalue weighted by Crippen LogP contribution is -2.25. The summed E-state index contributed by atoms with van der Waals surface area (Å²) < 4.78 is 26.4. The lowest BCUT2D eigenvalue weighted by molar-refractivity contribution is 0.0944. The molecule has 4 nitrogen and oxygen atoms in total. The van der Waals surface area contributed by atoms with Crippen LogP contribution in [0.3, 0.4) is 0 Å². The number of carbonyl (C=O) groups is 1. The lowest BCUT2D eigenvalue weighted by atomic mass is 10.2. The van der Waals surface area contributed by atoms with Gasteiger partial charge < -0.3 is 5.32 Å². The molecule has 0 spiro atoms. The SMILES string of the molecule is O=C(NCc1ccc(F)cc1F)c1nccnc1Br. The number of amides is 1. The number of halogens is 3. The average Bonchev–Trinajstić information content (AvgIpc) is 2.38. The summed E-state index contributed by atoms with van der Waals surface area (Å²) in [5.41, 5.74) is 0.291. The Hall–Kier alpha value is -1.89. The molecule has 0 unspecified atom stereocenters. The van der Waals surface area contributed by atoms with E-state index >= 15 is 0 Å². The molecule has 0 aliphatic carbocycles. The molecule has 19 heavy (non-hydrogen) atoms. The van der Waals surface area contributed by atoms with Crippen molar-refractivity contribution in [1.82, 2.24) is 15.3 Å². The van der Waals surface area contributed by atoms with Crippen molar-refractivity contribution in [2.45, 2.75) is 6.54 Å². The number of nitrogens with one attached hydrogen (secondary N) is 1. The molecule has 0 radical (unpaired) electrons. The first-order chi connectivity index (χ1) is 9.08. The third-order valence-electron chi connectivity index (χ3n) is 2.32. The topological polar surface area (TPSA) is 54.9 Å². The molecule has 0 atom stereocenters. The predicted molar refractivity (Wildman–Crippen MR) is 67.3 cm³/mol. The van der Waals surface area contributed by atoms with Gasteiger partial charge in [0, 0.05) is 30.6 Å². The second-order valence-corrected chi connectivity index (χ2v) is 4.37. The first-order valence-electron chi connectivity index (χ1n) is 5.26. The Bertz CT molecular complexity index is 622. The molecule has 2 rings (SSSR count). The molecule has 0 saturated carbocycles. The van der Waals surface area contributed by atoms with Gasteiger partial charge >= 0.3 is 0 Å². The van der Waals surface area contributed by atoms with Crippen molar-refractivity contribution >= 4 is 21.8 Å². The Kier molecular flexibility index (Phi) is 4.16. The standard InChI is InChI=1S/C12H8BrF2N3O/c13-11-10(16-3-4-17-11)12(19)18-6-7-1-2-8(14)5-9(7)15/h1-5H,6H2,(H,18,19). The van der Waals surface area contributed by atoms with Crippen LogP contribution in [0, 0.1) is 11.6 Å². The van der Waals surface area contributed by atoms with E-state index in [2.05, 4.69) is 31.2 Å². The fourth-order valence-electron chi connectivity index (χ4n) is 1.40. The van der Waals surface area contributed by atoms with E-state index in [1.54, 1.807) is 0 Å². The summed E-state index contributed by atoms with van der Waals surface area (Å²) in [5, 5.41) is 2.48. The highest BCUT2D eigenvalue weighted by Crippen LogP contribution is 2.11. The normalized spacial score (nSPS) is 10.3. The van der Waals surface area contributed by atoms with Crippen LogP contribution >= 0.6 is 15.9 Å². The van der Waals surface area contributed by atoms with Crippen LogP contribution in [-0.2, 0) is 6.54 Å². The quantitative estimate of drug-likeness (QED) is 0.942. The van der Waals surface area contributed by atoms with Crippen LogP contribution in [-0.4, -0.2) is 15.9 Å². The van der Waals surface area contributed by atoms with Gasteiger partial charge in [-0.2, -0.15) is 0 Å². The average molecular weight is 328 g/mol. The van der Waals surface area contributed by atoms with Crippen LogP contribution in [0.2, 0.25) is 0 Å². The van der Waals surface area contributed by atoms with Gasteiger partial charge in [0.15, 0.2) is 5.69 Å². The molecule has 1 aromatic heterocycles. The van der Waals surface area contributed by atoms with E-state index in [9.17, 15) is 13.6 Å². The van der Waals surface area contributed by atoms with E-state index in [4.69, 9.17) is 0 Å². The van der Waals surface area contributed by atoms with Crippen LogP contribution in [0.15, 0.2) is 35.2 Å². The number of carbonyl (C=O) groups excluding carboxylic acids is 1. The molecular formula is C12H8BrF2N3O. The Morgan fingerprint density at radius 3 is 2.68 bits per heavy atom. The van der Waals surface area contributed by atoms with Gasteiger partial charge in [-0.1, -0.05) is 6.07 Å². The predicted octanol–water partition coefficient (Wildman–Crippen LogP) is 2.45. The molecule has 1 amide bonds. The van der Waals surface area contributed by atoms with E-state index in [0.29, 0.717) is 4.60 Å². The maximum atomic E-state index is 13.4. The lowest BCUT2D eigenvalue weighted by Gasteiger charge is -2.06. The van der Waals surface area contributed by atoms with E-state index in [0.717, 1.165) is 12.1 Å². The maximum absolute atomic E-state index is 13.4. The van der Waals surface area contributed by atoms with Gasteiger partial charge in [0.05, 0.1) is 0 Å². The van der Waals surface area contributed by atoms with Crippen LogP contribution in [0.5, 0.6) is 0 Å². The number of hydrogen-bond acceptors (Lipinski definition) is 3. The van der Waals surface area contributed by atoms with Crippen molar-refractivity contribution < 1.29 is 13.6 Å². The Balaban J connectivity index is 2.07. The molecular weight excluding hydrogens is 320 g/mol. The minimum atomic E-state index is -0.710. The summed E-state index contributed by atoms with van der Waals surface area (Å²) in [6, 6.07) is 3.17. The van der Waals surface area contributed by atoms with Crippen molar-refractivity contribution in [3.63, 3.8) is 0 Å². The molecule has 0 bridgehead atoms. The van der Waals surface area contributed by atoms with E-state index in [1.807, 2.05) is 0 Å². The molecule has 1 N–H and O–H groups in total. The highest BCUT2D eigenvalue weighted by atomic mass is 79.9.